The van der Waals surface area contributed by atoms with Crippen molar-refractivity contribution < 1.29 is 22.8 Å². The van der Waals surface area contributed by atoms with Crippen molar-refractivity contribution in [1.29, 1.82) is 0 Å². The van der Waals surface area contributed by atoms with Crippen molar-refractivity contribution in [2.45, 2.75) is 31.7 Å². The summed E-state index contributed by atoms with van der Waals surface area (Å²) >= 11 is 0. The van der Waals surface area contributed by atoms with Crippen LogP contribution in [-0.4, -0.2) is 29.8 Å². The van der Waals surface area contributed by atoms with Crippen molar-refractivity contribution in [3.63, 3.8) is 0 Å². The maximum atomic E-state index is 14.1. The van der Waals surface area contributed by atoms with E-state index in [4.69, 9.17) is 0 Å². The Morgan fingerprint density at radius 3 is 2.48 bits per heavy atom. The van der Waals surface area contributed by atoms with Crippen molar-refractivity contribution >= 4 is 11.8 Å². The lowest BCUT2D eigenvalue weighted by Crippen LogP contribution is -2.43. The zero-order chi connectivity index (χ0) is 18.1. The number of hydrogen-bond acceptors (Lipinski definition) is 2. The Morgan fingerprint density at radius 1 is 1.16 bits per heavy atom. The molecule has 1 heterocycles. The molecule has 0 spiro atoms. The van der Waals surface area contributed by atoms with Crippen LogP contribution < -0.4 is 5.32 Å². The zero-order valence-electron chi connectivity index (χ0n) is 13.7. The molecular formula is C18H19F3N2O2. The highest BCUT2D eigenvalue weighted by atomic mass is 19.2. The SMILES string of the molecule is C=CC(=O)N1CCC(C(=O)NC2CCc3cc(F)c(F)c(F)c32)CC1. The van der Waals surface area contributed by atoms with Crippen molar-refractivity contribution in [2.24, 2.45) is 5.92 Å². The summed E-state index contributed by atoms with van der Waals surface area (Å²) in [5, 5.41) is 2.76. The largest absolute Gasteiger partial charge is 0.349 e. The predicted octanol–water partition coefficient (Wildman–Crippen LogP) is 2.63. The third kappa shape index (κ3) is 3.27. The van der Waals surface area contributed by atoms with E-state index in [2.05, 4.69) is 11.9 Å². The van der Waals surface area contributed by atoms with E-state index in [0.717, 1.165) is 6.07 Å². The van der Waals surface area contributed by atoms with E-state index in [0.29, 0.717) is 44.3 Å². The summed E-state index contributed by atoms with van der Waals surface area (Å²) in [6, 6.07) is 0.352. The Bertz CT molecular complexity index is 728. The maximum Gasteiger partial charge on any atom is 0.245 e. The van der Waals surface area contributed by atoms with Crippen LogP contribution in [0, 0.1) is 23.4 Å². The molecule has 1 atom stereocenters. The molecule has 4 nitrogen and oxygen atoms in total. The fraction of sp³-hybridized carbons (Fsp3) is 0.444. The number of piperidine rings is 1. The van der Waals surface area contributed by atoms with Gasteiger partial charge < -0.3 is 10.2 Å². The first-order chi connectivity index (χ1) is 11.9. The number of carbonyl (C=O) groups is 2. The number of aryl methyl sites for hydroxylation is 1. The second-order valence-electron chi connectivity index (χ2n) is 6.46. The van der Waals surface area contributed by atoms with Crippen LogP contribution in [0.1, 0.15) is 36.4 Å². The van der Waals surface area contributed by atoms with E-state index >= 15 is 0 Å². The highest BCUT2D eigenvalue weighted by Crippen LogP contribution is 2.35. The molecule has 0 saturated carbocycles. The van der Waals surface area contributed by atoms with Gasteiger partial charge in [0.2, 0.25) is 11.8 Å². The summed E-state index contributed by atoms with van der Waals surface area (Å²) in [6.45, 7) is 4.35. The third-order valence-corrected chi connectivity index (χ3v) is 5.01. The number of hydrogen-bond donors (Lipinski definition) is 1. The first-order valence-corrected chi connectivity index (χ1v) is 8.30. The number of halogens is 3. The Balaban J connectivity index is 1.66. The number of benzene rings is 1. The van der Waals surface area contributed by atoms with Gasteiger partial charge in [0.1, 0.15) is 0 Å². The highest BCUT2D eigenvalue weighted by molar-refractivity contribution is 5.87. The maximum absolute atomic E-state index is 14.1. The van der Waals surface area contributed by atoms with Crippen LogP contribution in [0.2, 0.25) is 0 Å². The Hall–Kier alpha value is -2.31. The molecule has 1 N–H and O–H groups in total. The Labute approximate surface area is 143 Å². The van der Waals surface area contributed by atoms with Crippen LogP contribution in [0.15, 0.2) is 18.7 Å². The molecule has 1 aliphatic heterocycles. The number of fused-ring (bicyclic) bond motifs is 1. The third-order valence-electron chi connectivity index (χ3n) is 5.01. The minimum atomic E-state index is -1.50. The summed E-state index contributed by atoms with van der Waals surface area (Å²) in [6.07, 6.45) is 3.05. The van der Waals surface area contributed by atoms with Gasteiger partial charge in [-0.15, -0.1) is 0 Å². The molecule has 7 heteroatoms. The average Bonchev–Trinajstić information content (AvgIpc) is 3.01. The molecule has 0 radical (unpaired) electrons. The fourth-order valence-corrected chi connectivity index (χ4v) is 3.61. The molecule has 1 aliphatic carbocycles. The van der Waals surface area contributed by atoms with Gasteiger partial charge >= 0.3 is 0 Å². The Kier molecular flexibility index (Phi) is 4.83. The van der Waals surface area contributed by atoms with Gasteiger partial charge in [0.25, 0.3) is 0 Å². The second kappa shape index (κ2) is 6.90. The van der Waals surface area contributed by atoms with E-state index in [9.17, 15) is 22.8 Å². The minimum Gasteiger partial charge on any atom is -0.349 e. The molecule has 0 bridgehead atoms. The predicted molar refractivity (Wildman–Crippen MR) is 85.0 cm³/mol. The lowest BCUT2D eigenvalue weighted by atomic mass is 9.95. The highest BCUT2D eigenvalue weighted by Gasteiger charge is 2.33. The standard InChI is InChI=1S/C18H19F3N2O2/c1-2-14(24)23-7-5-10(6-8-23)18(25)22-13-4-3-11-9-12(19)16(20)17(21)15(11)13/h2,9-10,13H,1,3-8H2,(H,22,25). The lowest BCUT2D eigenvalue weighted by Gasteiger charge is -2.31. The molecule has 25 heavy (non-hydrogen) atoms. The quantitative estimate of drug-likeness (QED) is 0.672. The van der Waals surface area contributed by atoms with Crippen LogP contribution in [-0.2, 0) is 16.0 Å². The van der Waals surface area contributed by atoms with Crippen molar-refractivity contribution in [3.05, 3.63) is 47.3 Å². The average molecular weight is 352 g/mol. The zero-order valence-corrected chi connectivity index (χ0v) is 13.7. The van der Waals surface area contributed by atoms with Crippen molar-refractivity contribution in [3.8, 4) is 0 Å². The van der Waals surface area contributed by atoms with Crippen LogP contribution in [0.5, 0.6) is 0 Å². The summed E-state index contributed by atoms with van der Waals surface area (Å²) in [4.78, 5) is 25.6. The van der Waals surface area contributed by atoms with Gasteiger partial charge in [-0.1, -0.05) is 6.58 Å². The van der Waals surface area contributed by atoms with E-state index < -0.39 is 23.5 Å². The number of nitrogens with zero attached hydrogens (tertiary/aromatic N) is 1. The summed E-state index contributed by atoms with van der Waals surface area (Å²) in [5.41, 5.74) is 0.444. The summed E-state index contributed by atoms with van der Waals surface area (Å²) < 4.78 is 40.9. The topological polar surface area (TPSA) is 49.4 Å². The molecule has 0 aromatic heterocycles. The molecule has 1 fully saturated rings. The number of rotatable bonds is 3. The van der Waals surface area contributed by atoms with Crippen molar-refractivity contribution in [2.75, 3.05) is 13.1 Å². The molecule has 2 amide bonds. The lowest BCUT2D eigenvalue weighted by molar-refractivity contribution is -0.132. The van der Waals surface area contributed by atoms with Gasteiger partial charge in [-0.3, -0.25) is 9.59 Å². The van der Waals surface area contributed by atoms with Gasteiger partial charge in [-0.25, -0.2) is 13.2 Å². The van der Waals surface area contributed by atoms with E-state index in [-0.39, 0.29) is 23.3 Å². The number of nitrogens with one attached hydrogen (secondary N) is 1. The van der Waals surface area contributed by atoms with Gasteiger partial charge in [0.15, 0.2) is 17.5 Å². The monoisotopic (exact) mass is 352 g/mol. The molecule has 3 rings (SSSR count). The van der Waals surface area contributed by atoms with Crippen LogP contribution in [0.3, 0.4) is 0 Å². The molecule has 1 saturated heterocycles. The number of carbonyl (C=O) groups excluding carboxylic acids is 2. The van der Waals surface area contributed by atoms with Gasteiger partial charge in [-0.05, 0) is 43.4 Å². The van der Waals surface area contributed by atoms with Gasteiger partial charge in [-0.2, -0.15) is 0 Å². The minimum absolute atomic E-state index is 0.0477. The number of amides is 2. The summed E-state index contributed by atoms with van der Waals surface area (Å²) in [5.74, 6) is -4.62. The fourth-order valence-electron chi connectivity index (χ4n) is 3.61. The van der Waals surface area contributed by atoms with Crippen molar-refractivity contribution in [1.82, 2.24) is 10.2 Å². The second-order valence-corrected chi connectivity index (χ2v) is 6.46. The molecule has 1 aromatic rings. The van der Waals surface area contributed by atoms with Gasteiger partial charge in [0.05, 0.1) is 6.04 Å². The first kappa shape index (κ1) is 17.5. The smallest absolute Gasteiger partial charge is 0.245 e. The normalized spacial score (nSPS) is 20.3. The molecule has 134 valence electrons. The summed E-state index contributed by atoms with van der Waals surface area (Å²) in [7, 11) is 0. The molecule has 1 unspecified atom stereocenters. The molecule has 2 aliphatic rings. The first-order valence-electron chi connectivity index (χ1n) is 8.30. The van der Waals surface area contributed by atoms with Crippen LogP contribution in [0.25, 0.3) is 0 Å². The van der Waals surface area contributed by atoms with E-state index in [1.165, 1.54) is 6.08 Å². The Morgan fingerprint density at radius 2 is 1.84 bits per heavy atom. The number of likely N-dealkylation sites (tertiary alicyclic amines) is 1. The van der Waals surface area contributed by atoms with Gasteiger partial charge in [0, 0.05) is 24.6 Å². The van der Waals surface area contributed by atoms with E-state index in [1.54, 1.807) is 4.90 Å². The van der Waals surface area contributed by atoms with Crippen LogP contribution >= 0.6 is 0 Å². The van der Waals surface area contributed by atoms with E-state index in [1.807, 2.05) is 0 Å². The molecular weight excluding hydrogens is 333 g/mol. The molecule has 1 aromatic carbocycles. The van der Waals surface area contributed by atoms with Crippen LogP contribution in [0.4, 0.5) is 13.2 Å².